The minimum Gasteiger partial charge on any atom is -0.384 e. The molecule has 0 spiro atoms. The third-order valence-corrected chi connectivity index (χ3v) is 3.00. The number of nitrogens with two attached hydrogens (primary N) is 1. The molecule has 0 aliphatic carbocycles. The van der Waals surface area contributed by atoms with Crippen LogP contribution >= 0.6 is 0 Å². The largest absolute Gasteiger partial charge is 0.384 e. The molecule has 1 aliphatic heterocycles. The molecule has 2 heterocycles. The van der Waals surface area contributed by atoms with Crippen molar-refractivity contribution in [2.24, 2.45) is 5.92 Å². The first-order valence-electron chi connectivity index (χ1n) is 5.74. The van der Waals surface area contributed by atoms with Crippen molar-refractivity contribution in [2.45, 2.75) is 13.0 Å². The maximum atomic E-state index is 12.0. The molecule has 6 heteroatoms. The van der Waals surface area contributed by atoms with Crippen LogP contribution in [-0.2, 0) is 16.1 Å². The highest BCUT2D eigenvalue weighted by molar-refractivity contribution is 5.76. The zero-order chi connectivity index (χ0) is 12.3. The monoisotopic (exact) mass is 238 g/mol. The second-order valence-corrected chi connectivity index (χ2v) is 4.39. The third kappa shape index (κ3) is 2.97. The Morgan fingerprint density at radius 2 is 2.53 bits per heavy atom. The number of anilines is 1. The molecular formula is C11H18N4O2. The lowest BCUT2D eigenvalue weighted by atomic mass is 10.1. The van der Waals surface area contributed by atoms with Crippen molar-refractivity contribution >= 4 is 11.7 Å². The molecule has 1 fully saturated rings. The number of aromatic nitrogens is 2. The molecule has 0 radical (unpaired) electrons. The SMILES string of the molecule is COCC1CCN(C(=O)Cn2ccc(N)n2)C1. The molecule has 0 saturated carbocycles. The number of hydrogen-bond acceptors (Lipinski definition) is 4. The number of hydrogen-bond donors (Lipinski definition) is 1. The summed E-state index contributed by atoms with van der Waals surface area (Å²) in [5.41, 5.74) is 5.50. The predicted octanol–water partition coefficient (Wildman–Crippen LogP) is -0.0398. The van der Waals surface area contributed by atoms with Crippen molar-refractivity contribution in [2.75, 3.05) is 32.5 Å². The molecule has 1 unspecified atom stereocenters. The number of rotatable bonds is 4. The van der Waals surface area contributed by atoms with Crippen molar-refractivity contribution in [1.82, 2.24) is 14.7 Å². The summed E-state index contributed by atoms with van der Waals surface area (Å²) in [5.74, 6) is 0.995. The molecule has 1 saturated heterocycles. The highest BCUT2D eigenvalue weighted by Crippen LogP contribution is 2.16. The summed E-state index contributed by atoms with van der Waals surface area (Å²) in [6, 6.07) is 1.69. The Labute approximate surface area is 100 Å². The Bertz CT molecular complexity index is 391. The first-order chi connectivity index (χ1) is 8.19. The van der Waals surface area contributed by atoms with Gasteiger partial charge in [-0.3, -0.25) is 9.48 Å². The van der Waals surface area contributed by atoms with Crippen LogP contribution < -0.4 is 5.73 Å². The van der Waals surface area contributed by atoms with Gasteiger partial charge in [0.2, 0.25) is 5.91 Å². The molecule has 2 N–H and O–H groups in total. The van der Waals surface area contributed by atoms with Gasteiger partial charge >= 0.3 is 0 Å². The summed E-state index contributed by atoms with van der Waals surface area (Å²) in [6.07, 6.45) is 2.73. The fourth-order valence-electron chi connectivity index (χ4n) is 2.13. The molecule has 1 atom stereocenters. The Kier molecular flexibility index (Phi) is 3.63. The molecular weight excluding hydrogens is 220 g/mol. The summed E-state index contributed by atoms with van der Waals surface area (Å²) < 4.78 is 6.67. The van der Waals surface area contributed by atoms with Gasteiger partial charge in [-0.1, -0.05) is 0 Å². The maximum Gasteiger partial charge on any atom is 0.244 e. The normalized spacial score (nSPS) is 19.8. The number of nitrogen functional groups attached to an aromatic ring is 1. The van der Waals surface area contributed by atoms with Crippen LogP contribution in [0.15, 0.2) is 12.3 Å². The molecule has 17 heavy (non-hydrogen) atoms. The Hall–Kier alpha value is -1.56. The summed E-state index contributed by atoms with van der Waals surface area (Å²) >= 11 is 0. The molecule has 1 aliphatic rings. The molecule has 1 aromatic rings. The van der Waals surface area contributed by atoms with Crippen LogP contribution in [0, 0.1) is 5.92 Å². The van der Waals surface area contributed by atoms with E-state index in [1.54, 1.807) is 24.1 Å². The fraction of sp³-hybridized carbons (Fsp3) is 0.636. The van der Waals surface area contributed by atoms with E-state index < -0.39 is 0 Å². The van der Waals surface area contributed by atoms with Gasteiger partial charge in [-0.2, -0.15) is 5.10 Å². The second kappa shape index (κ2) is 5.18. The molecule has 1 aromatic heterocycles. The van der Waals surface area contributed by atoms with E-state index in [1.165, 1.54) is 0 Å². The second-order valence-electron chi connectivity index (χ2n) is 4.39. The van der Waals surface area contributed by atoms with E-state index in [-0.39, 0.29) is 12.5 Å². The first-order valence-corrected chi connectivity index (χ1v) is 5.74. The minimum absolute atomic E-state index is 0.0895. The maximum absolute atomic E-state index is 12.0. The molecule has 2 rings (SSSR count). The highest BCUT2D eigenvalue weighted by Gasteiger charge is 2.26. The van der Waals surface area contributed by atoms with Gasteiger partial charge in [0.25, 0.3) is 0 Å². The lowest BCUT2D eigenvalue weighted by Gasteiger charge is -2.16. The summed E-state index contributed by atoms with van der Waals surface area (Å²) in [7, 11) is 1.69. The van der Waals surface area contributed by atoms with Crippen LogP contribution in [0.2, 0.25) is 0 Å². The Balaban J connectivity index is 1.85. The van der Waals surface area contributed by atoms with E-state index in [0.717, 1.165) is 26.1 Å². The van der Waals surface area contributed by atoms with Crippen molar-refractivity contribution in [3.05, 3.63) is 12.3 Å². The minimum atomic E-state index is 0.0895. The van der Waals surface area contributed by atoms with Crippen molar-refractivity contribution in [1.29, 1.82) is 0 Å². The van der Waals surface area contributed by atoms with E-state index in [9.17, 15) is 4.79 Å². The van der Waals surface area contributed by atoms with Gasteiger partial charge in [-0.15, -0.1) is 0 Å². The standard InChI is InChI=1S/C11H18N4O2/c1-17-8-9-2-4-14(6-9)11(16)7-15-5-3-10(12)13-15/h3,5,9H,2,4,6-8H2,1H3,(H2,12,13). The number of carbonyl (C=O) groups is 1. The van der Waals surface area contributed by atoms with Gasteiger partial charge in [-0.05, 0) is 12.5 Å². The molecule has 94 valence electrons. The van der Waals surface area contributed by atoms with Crippen molar-refractivity contribution in [3.8, 4) is 0 Å². The smallest absolute Gasteiger partial charge is 0.244 e. The van der Waals surface area contributed by atoms with Crippen LogP contribution in [0.25, 0.3) is 0 Å². The summed E-state index contributed by atoms with van der Waals surface area (Å²) in [6.45, 7) is 2.57. The summed E-state index contributed by atoms with van der Waals surface area (Å²) in [5, 5.41) is 4.00. The number of nitrogens with zero attached hydrogens (tertiary/aromatic N) is 3. The van der Waals surface area contributed by atoms with Crippen LogP contribution in [0.5, 0.6) is 0 Å². The van der Waals surface area contributed by atoms with Crippen LogP contribution in [0.3, 0.4) is 0 Å². The average Bonchev–Trinajstić information content (AvgIpc) is 2.88. The summed E-state index contributed by atoms with van der Waals surface area (Å²) in [4.78, 5) is 13.8. The average molecular weight is 238 g/mol. The Morgan fingerprint density at radius 3 is 3.18 bits per heavy atom. The van der Waals surface area contributed by atoms with E-state index in [0.29, 0.717) is 11.7 Å². The van der Waals surface area contributed by atoms with Gasteiger partial charge in [0.05, 0.1) is 6.61 Å². The zero-order valence-electron chi connectivity index (χ0n) is 10.0. The number of amides is 1. The van der Waals surface area contributed by atoms with Gasteiger partial charge in [0, 0.05) is 32.3 Å². The van der Waals surface area contributed by atoms with Crippen LogP contribution in [0.4, 0.5) is 5.82 Å². The van der Waals surface area contributed by atoms with Crippen molar-refractivity contribution in [3.63, 3.8) is 0 Å². The molecule has 0 aromatic carbocycles. The van der Waals surface area contributed by atoms with Crippen LogP contribution in [0.1, 0.15) is 6.42 Å². The molecule has 0 bridgehead atoms. The van der Waals surface area contributed by atoms with E-state index in [4.69, 9.17) is 10.5 Å². The Morgan fingerprint density at radius 1 is 1.71 bits per heavy atom. The zero-order valence-corrected chi connectivity index (χ0v) is 10.0. The van der Waals surface area contributed by atoms with E-state index in [1.807, 2.05) is 4.90 Å². The quantitative estimate of drug-likeness (QED) is 0.799. The van der Waals surface area contributed by atoms with Crippen LogP contribution in [-0.4, -0.2) is 47.4 Å². The molecule has 6 nitrogen and oxygen atoms in total. The van der Waals surface area contributed by atoms with Gasteiger partial charge < -0.3 is 15.4 Å². The highest BCUT2D eigenvalue weighted by atomic mass is 16.5. The molecule has 1 amide bonds. The number of likely N-dealkylation sites (tertiary alicyclic amines) is 1. The van der Waals surface area contributed by atoms with Crippen molar-refractivity contribution < 1.29 is 9.53 Å². The third-order valence-electron chi connectivity index (χ3n) is 3.00. The van der Waals surface area contributed by atoms with Gasteiger partial charge in [0.15, 0.2) is 0 Å². The fourth-order valence-corrected chi connectivity index (χ4v) is 2.13. The van der Waals surface area contributed by atoms with Gasteiger partial charge in [0.1, 0.15) is 12.4 Å². The first kappa shape index (κ1) is 11.9. The number of methoxy groups -OCH3 is 1. The number of carbonyl (C=O) groups excluding carboxylic acids is 1. The lowest BCUT2D eigenvalue weighted by Crippen LogP contribution is -2.32. The predicted molar refractivity (Wildman–Crippen MR) is 63.2 cm³/mol. The topological polar surface area (TPSA) is 73.4 Å². The van der Waals surface area contributed by atoms with Gasteiger partial charge in [-0.25, -0.2) is 0 Å². The van der Waals surface area contributed by atoms with E-state index >= 15 is 0 Å². The lowest BCUT2D eigenvalue weighted by molar-refractivity contribution is -0.131. The van der Waals surface area contributed by atoms with E-state index in [2.05, 4.69) is 5.10 Å². The number of ether oxygens (including phenoxy) is 1.